The second-order valence-corrected chi connectivity index (χ2v) is 8.35. The molecule has 5 nitrogen and oxygen atoms in total. The Morgan fingerprint density at radius 2 is 1.65 bits per heavy atom. The van der Waals surface area contributed by atoms with E-state index in [1.165, 1.54) is 18.3 Å². The summed E-state index contributed by atoms with van der Waals surface area (Å²) in [7, 11) is -0.145. The number of rotatable bonds is 9. The summed E-state index contributed by atoms with van der Waals surface area (Å²) in [5.74, 6) is -1.29. The first-order valence-electron chi connectivity index (χ1n) is 8.39. The van der Waals surface area contributed by atoms with Crippen LogP contribution in [0, 0.1) is 11.3 Å². The summed E-state index contributed by atoms with van der Waals surface area (Å²) >= 11 is 0. The van der Waals surface area contributed by atoms with Crippen LogP contribution in [0.2, 0.25) is 0 Å². The van der Waals surface area contributed by atoms with E-state index in [2.05, 4.69) is 20.4 Å². The minimum absolute atomic E-state index is 0.0809. The number of carbonyl (C=O) groups excluding carboxylic acids is 2. The van der Waals surface area contributed by atoms with E-state index in [9.17, 15) is 14.9 Å². The van der Waals surface area contributed by atoms with E-state index in [-0.39, 0.29) is 32.3 Å². The molecule has 1 rings (SSSR count). The van der Waals surface area contributed by atoms with E-state index in [0.717, 1.165) is 17.9 Å². The second kappa shape index (κ2) is 11.2. The smallest absolute Gasteiger partial charge is 0.349 e. The molecule has 1 aromatic rings. The molecule has 0 aliphatic carbocycles. The fraction of sp³-hybridized carbons (Fsp3) is 0.350. The van der Waals surface area contributed by atoms with Crippen LogP contribution >= 0.6 is 7.92 Å². The molecule has 0 saturated carbocycles. The van der Waals surface area contributed by atoms with Crippen molar-refractivity contribution in [3.8, 4) is 6.07 Å². The molecule has 0 heterocycles. The van der Waals surface area contributed by atoms with Crippen molar-refractivity contribution in [2.75, 3.05) is 25.5 Å². The Hall–Kier alpha value is -2.44. The molecule has 0 fully saturated rings. The lowest BCUT2D eigenvalue weighted by molar-refractivity contribution is -0.147. The molecular formula is C20H24NO4P. The van der Waals surface area contributed by atoms with Gasteiger partial charge in [0.25, 0.3) is 0 Å². The van der Waals surface area contributed by atoms with E-state index in [1.807, 2.05) is 30.3 Å². The topological polar surface area (TPSA) is 76.4 Å². The number of carbonyl (C=O) groups is 2. The van der Waals surface area contributed by atoms with Crippen molar-refractivity contribution < 1.29 is 19.1 Å². The molecule has 26 heavy (non-hydrogen) atoms. The zero-order chi connectivity index (χ0) is 19.5. The molecule has 0 unspecified atom stereocenters. The van der Waals surface area contributed by atoms with Crippen LogP contribution in [0.1, 0.15) is 26.3 Å². The average Bonchev–Trinajstić information content (AvgIpc) is 2.64. The van der Waals surface area contributed by atoms with Crippen molar-refractivity contribution in [3.05, 3.63) is 47.6 Å². The Morgan fingerprint density at radius 1 is 1.12 bits per heavy atom. The van der Waals surface area contributed by atoms with Gasteiger partial charge in [-0.25, -0.2) is 9.59 Å². The average molecular weight is 373 g/mol. The third-order valence-electron chi connectivity index (χ3n) is 3.57. The molecule has 0 saturated heterocycles. The highest BCUT2D eigenvalue weighted by molar-refractivity contribution is 7.65. The monoisotopic (exact) mass is 373 g/mol. The van der Waals surface area contributed by atoms with Gasteiger partial charge in [0.15, 0.2) is 0 Å². The molecule has 0 aromatic heterocycles. The van der Waals surface area contributed by atoms with E-state index in [4.69, 9.17) is 9.47 Å². The van der Waals surface area contributed by atoms with Crippen molar-refractivity contribution in [3.63, 3.8) is 0 Å². The van der Waals surface area contributed by atoms with Crippen LogP contribution in [-0.2, 0) is 19.1 Å². The molecule has 1 aromatic carbocycles. The zero-order valence-electron chi connectivity index (χ0n) is 15.4. The summed E-state index contributed by atoms with van der Waals surface area (Å²) < 4.78 is 9.79. The summed E-state index contributed by atoms with van der Waals surface area (Å²) in [5.41, 5.74) is 0.933. The van der Waals surface area contributed by atoms with Gasteiger partial charge in [-0.1, -0.05) is 52.6 Å². The van der Waals surface area contributed by atoms with Crippen LogP contribution in [0.4, 0.5) is 0 Å². The lowest BCUT2D eigenvalue weighted by atomic mass is 10.1. The normalized spacial score (nSPS) is 11.0. The van der Waals surface area contributed by atoms with E-state index >= 15 is 0 Å². The molecule has 0 atom stereocenters. The molecule has 0 aliphatic heterocycles. The maximum atomic E-state index is 12.0. The van der Waals surface area contributed by atoms with E-state index in [0.29, 0.717) is 0 Å². The first-order valence-corrected chi connectivity index (χ1v) is 10.1. The fourth-order valence-corrected chi connectivity index (χ4v) is 3.89. The second-order valence-electron chi connectivity index (χ2n) is 5.49. The van der Waals surface area contributed by atoms with Gasteiger partial charge in [0.2, 0.25) is 0 Å². The van der Waals surface area contributed by atoms with Gasteiger partial charge >= 0.3 is 11.9 Å². The number of esters is 2. The first-order chi connectivity index (χ1) is 12.4. The largest absolute Gasteiger partial charge is 0.459 e. The Kier molecular flexibility index (Phi) is 9.33. The van der Waals surface area contributed by atoms with Crippen molar-refractivity contribution in [2.45, 2.75) is 20.8 Å². The number of nitrogens with zero attached hydrogens (tertiary/aromatic N) is 1. The highest BCUT2D eigenvalue weighted by atomic mass is 31.1. The number of ether oxygens (including phenoxy) is 2. The standard InChI is InChI=1S/C20H24NO4P/c1-5-26(6-2)18-9-7-16(8-10-18)13-17(14-21)20(23)25-12-11-24-19(22)15(3)4/h7-10,13H,3,5-6,11-12H2,1-2,4H3/b17-13+. The van der Waals surface area contributed by atoms with Crippen LogP contribution in [0.25, 0.3) is 6.08 Å². The number of hydrogen-bond donors (Lipinski definition) is 0. The van der Waals surface area contributed by atoms with Crippen molar-refractivity contribution in [1.82, 2.24) is 0 Å². The predicted molar refractivity (Wildman–Crippen MR) is 104 cm³/mol. The molecule has 138 valence electrons. The van der Waals surface area contributed by atoms with E-state index < -0.39 is 11.9 Å². The van der Waals surface area contributed by atoms with Crippen LogP contribution in [0.5, 0.6) is 0 Å². The fourth-order valence-electron chi connectivity index (χ4n) is 2.14. The molecule has 0 amide bonds. The van der Waals surface area contributed by atoms with Gasteiger partial charge in [-0.05, 0) is 36.2 Å². The maximum Gasteiger partial charge on any atom is 0.349 e. The molecular weight excluding hydrogens is 349 g/mol. The molecule has 0 N–H and O–H groups in total. The van der Waals surface area contributed by atoms with Crippen LogP contribution in [0.3, 0.4) is 0 Å². The summed E-state index contributed by atoms with van der Waals surface area (Å²) in [6.45, 7) is 9.14. The number of benzene rings is 1. The molecule has 0 radical (unpaired) electrons. The minimum atomic E-state index is -0.743. The summed E-state index contributed by atoms with van der Waals surface area (Å²) in [6, 6.07) is 9.73. The van der Waals surface area contributed by atoms with Gasteiger partial charge in [0, 0.05) is 5.57 Å². The Labute approximate surface area is 156 Å². The van der Waals surface area contributed by atoms with Crippen molar-refractivity contribution >= 4 is 31.2 Å². The van der Waals surface area contributed by atoms with Crippen LogP contribution in [0.15, 0.2) is 42.0 Å². The summed E-state index contributed by atoms with van der Waals surface area (Å²) in [5, 5.41) is 10.5. The van der Waals surface area contributed by atoms with Crippen molar-refractivity contribution in [2.24, 2.45) is 0 Å². The predicted octanol–water partition coefficient (Wildman–Crippen LogP) is 3.40. The van der Waals surface area contributed by atoms with Gasteiger partial charge in [-0.3, -0.25) is 0 Å². The SMILES string of the molecule is C=C(C)C(=O)OCCOC(=O)/C(C#N)=C/c1ccc(P(CC)CC)cc1. The van der Waals surface area contributed by atoms with Gasteiger partial charge in [0.1, 0.15) is 24.9 Å². The van der Waals surface area contributed by atoms with Gasteiger partial charge < -0.3 is 9.47 Å². The first kappa shape index (κ1) is 21.6. The van der Waals surface area contributed by atoms with Crippen LogP contribution < -0.4 is 5.30 Å². The molecule has 0 spiro atoms. The molecule has 6 heteroatoms. The highest BCUT2D eigenvalue weighted by Crippen LogP contribution is 2.32. The summed E-state index contributed by atoms with van der Waals surface area (Å²) in [6.07, 6.45) is 3.76. The zero-order valence-corrected chi connectivity index (χ0v) is 16.3. The third-order valence-corrected chi connectivity index (χ3v) is 6.13. The highest BCUT2D eigenvalue weighted by Gasteiger charge is 2.12. The number of hydrogen-bond acceptors (Lipinski definition) is 5. The minimum Gasteiger partial charge on any atom is -0.459 e. The van der Waals surface area contributed by atoms with Crippen molar-refractivity contribution in [1.29, 1.82) is 5.26 Å². The molecule has 0 bridgehead atoms. The van der Waals surface area contributed by atoms with Crippen LogP contribution in [-0.4, -0.2) is 37.5 Å². The Morgan fingerprint density at radius 3 is 2.12 bits per heavy atom. The maximum absolute atomic E-state index is 12.0. The quantitative estimate of drug-likeness (QED) is 0.218. The number of nitriles is 1. The lowest BCUT2D eigenvalue weighted by Gasteiger charge is -2.13. The third kappa shape index (κ3) is 6.82. The lowest BCUT2D eigenvalue weighted by Crippen LogP contribution is -2.15. The summed E-state index contributed by atoms with van der Waals surface area (Å²) in [4.78, 5) is 23.2. The van der Waals surface area contributed by atoms with E-state index in [1.54, 1.807) is 0 Å². The Balaban J connectivity index is 2.66. The van der Waals surface area contributed by atoms with Gasteiger partial charge in [-0.15, -0.1) is 0 Å². The van der Waals surface area contributed by atoms with Gasteiger partial charge in [-0.2, -0.15) is 5.26 Å². The Bertz CT molecular complexity index is 712. The molecule has 0 aliphatic rings. The van der Waals surface area contributed by atoms with Gasteiger partial charge in [0.05, 0.1) is 0 Å².